The van der Waals surface area contributed by atoms with Crippen molar-refractivity contribution in [3.05, 3.63) is 59.5 Å². The molecule has 1 saturated heterocycles. The number of likely N-dealkylation sites (N-methyl/N-ethyl adjacent to an activating group) is 1. The monoisotopic (exact) mass is 379 g/mol. The number of hydrogen-bond acceptors (Lipinski definition) is 3. The summed E-state index contributed by atoms with van der Waals surface area (Å²) in [4.78, 5) is 20.3. The van der Waals surface area contributed by atoms with Crippen molar-refractivity contribution >= 4 is 16.7 Å². The number of nitrogens with one attached hydrogen (secondary N) is 1. The molecule has 4 rings (SSSR count). The van der Waals surface area contributed by atoms with Crippen LogP contribution in [0.2, 0.25) is 0 Å². The van der Waals surface area contributed by atoms with Crippen molar-refractivity contribution in [2.45, 2.75) is 20.4 Å². The second kappa shape index (κ2) is 7.86. The molecule has 0 bridgehead atoms. The van der Waals surface area contributed by atoms with Gasteiger partial charge < -0.3 is 9.88 Å². The molecule has 146 valence electrons. The second-order valence-electron chi connectivity index (χ2n) is 7.52. The van der Waals surface area contributed by atoms with Crippen LogP contribution >= 0.6 is 0 Å². The summed E-state index contributed by atoms with van der Waals surface area (Å²) < 4.78 is 14.0. The average molecular weight is 379 g/mol. The molecule has 1 N–H and O–H groups in total. The lowest BCUT2D eigenvalue weighted by Crippen LogP contribution is -2.45. The zero-order chi connectivity index (χ0) is 19.7. The minimum Gasteiger partial charge on any atom is -0.357 e. The van der Waals surface area contributed by atoms with Gasteiger partial charge in [0.1, 0.15) is 5.82 Å². The number of carbonyl (C=O) groups excluding carboxylic acids is 1. The van der Waals surface area contributed by atoms with Crippen molar-refractivity contribution in [2.24, 2.45) is 0 Å². The van der Waals surface area contributed by atoms with E-state index in [1.807, 2.05) is 24.3 Å². The van der Waals surface area contributed by atoms with Crippen LogP contribution in [0.3, 0.4) is 0 Å². The molecule has 1 aliphatic rings. The molecule has 5 heteroatoms. The number of halogens is 1. The minimum atomic E-state index is -0.253. The highest BCUT2D eigenvalue weighted by Gasteiger charge is 2.20. The van der Waals surface area contributed by atoms with Gasteiger partial charge in [0, 0.05) is 60.4 Å². The third kappa shape index (κ3) is 3.73. The first-order valence-electron chi connectivity index (χ1n) is 9.91. The fourth-order valence-corrected chi connectivity index (χ4v) is 4.05. The SMILES string of the molecule is CCN1CCN(Cc2[nH]c3ccc(C(C)=O)cc3c2-c2cccc(F)c2)CC1. The van der Waals surface area contributed by atoms with Crippen LogP contribution in [0.25, 0.3) is 22.0 Å². The number of fused-ring (bicyclic) bond motifs is 1. The fourth-order valence-electron chi connectivity index (χ4n) is 4.05. The zero-order valence-corrected chi connectivity index (χ0v) is 16.5. The van der Waals surface area contributed by atoms with Gasteiger partial charge in [0.25, 0.3) is 0 Å². The van der Waals surface area contributed by atoms with Crippen molar-refractivity contribution in [3.8, 4) is 11.1 Å². The molecule has 0 aliphatic carbocycles. The van der Waals surface area contributed by atoms with Crippen LogP contribution in [0, 0.1) is 5.82 Å². The molecule has 2 aromatic carbocycles. The standard InChI is InChI=1S/C23H26FN3O/c1-3-26-9-11-27(12-10-26)15-22-23(18-5-4-6-19(24)13-18)20-14-17(16(2)28)7-8-21(20)25-22/h4-8,13-14,25H,3,9-12,15H2,1-2H3. The molecule has 1 fully saturated rings. The Hall–Kier alpha value is -2.50. The number of H-pyrrole nitrogens is 1. The molecular weight excluding hydrogens is 353 g/mol. The van der Waals surface area contributed by atoms with Crippen molar-refractivity contribution in [1.29, 1.82) is 0 Å². The van der Waals surface area contributed by atoms with E-state index in [2.05, 4.69) is 21.7 Å². The maximum absolute atomic E-state index is 14.0. The van der Waals surface area contributed by atoms with Crippen LogP contribution in [-0.4, -0.2) is 53.3 Å². The third-order valence-corrected chi connectivity index (χ3v) is 5.69. The number of ketones is 1. The molecule has 1 aliphatic heterocycles. The van der Waals surface area contributed by atoms with E-state index in [-0.39, 0.29) is 11.6 Å². The number of benzene rings is 2. The summed E-state index contributed by atoms with van der Waals surface area (Å²) in [5, 5.41) is 0.973. The van der Waals surface area contributed by atoms with Crippen LogP contribution in [0.5, 0.6) is 0 Å². The topological polar surface area (TPSA) is 39.3 Å². The zero-order valence-electron chi connectivity index (χ0n) is 16.5. The Balaban J connectivity index is 1.76. The smallest absolute Gasteiger partial charge is 0.159 e. The summed E-state index contributed by atoms with van der Waals surface area (Å²) in [6, 6.07) is 12.4. The molecule has 0 saturated carbocycles. The number of Topliss-reactive ketones (excluding diaryl/α,β-unsaturated/α-hetero) is 1. The quantitative estimate of drug-likeness (QED) is 0.672. The Labute approximate surface area is 165 Å². The number of rotatable bonds is 5. The number of aromatic nitrogens is 1. The van der Waals surface area contributed by atoms with E-state index in [1.165, 1.54) is 6.07 Å². The minimum absolute atomic E-state index is 0.0329. The number of hydrogen-bond donors (Lipinski definition) is 1. The lowest BCUT2D eigenvalue weighted by Gasteiger charge is -2.34. The van der Waals surface area contributed by atoms with Crippen molar-refractivity contribution < 1.29 is 9.18 Å². The molecule has 0 radical (unpaired) electrons. The van der Waals surface area contributed by atoms with Crippen LogP contribution in [0.4, 0.5) is 4.39 Å². The Morgan fingerprint density at radius 1 is 1.07 bits per heavy atom. The van der Waals surface area contributed by atoms with Crippen LogP contribution < -0.4 is 0 Å². The van der Waals surface area contributed by atoms with E-state index < -0.39 is 0 Å². The van der Waals surface area contributed by atoms with Crippen molar-refractivity contribution in [1.82, 2.24) is 14.8 Å². The summed E-state index contributed by atoms with van der Waals surface area (Å²) in [7, 11) is 0. The van der Waals surface area contributed by atoms with E-state index in [0.29, 0.717) is 5.56 Å². The van der Waals surface area contributed by atoms with E-state index in [1.54, 1.807) is 19.1 Å². The van der Waals surface area contributed by atoms with E-state index in [9.17, 15) is 9.18 Å². The summed E-state index contributed by atoms with van der Waals surface area (Å²) in [5.41, 5.74) is 4.56. The molecule has 0 atom stereocenters. The second-order valence-corrected chi connectivity index (χ2v) is 7.52. The van der Waals surface area contributed by atoms with Crippen LogP contribution in [-0.2, 0) is 6.54 Å². The van der Waals surface area contributed by atoms with Gasteiger partial charge in [0.2, 0.25) is 0 Å². The highest BCUT2D eigenvalue weighted by Crippen LogP contribution is 2.34. The molecule has 0 spiro atoms. The first-order valence-corrected chi connectivity index (χ1v) is 9.91. The Morgan fingerprint density at radius 2 is 1.82 bits per heavy atom. The molecular formula is C23H26FN3O. The molecule has 28 heavy (non-hydrogen) atoms. The highest BCUT2D eigenvalue weighted by atomic mass is 19.1. The predicted octanol–water partition coefficient (Wildman–Crippen LogP) is 4.31. The van der Waals surface area contributed by atoms with Crippen LogP contribution in [0.15, 0.2) is 42.5 Å². The normalized spacial score (nSPS) is 16.0. The maximum Gasteiger partial charge on any atom is 0.159 e. The van der Waals surface area contributed by atoms with E-state index in [0.717, 1.165) is 67.0 Å². The lowest BCUT2D eigenvalue weighted by atomic mass is 9.99. The number of nitrogens with zero attached hydrogens (tertiary/aromatic N) is 2. The molecule has 4 nitrogen and oxygen atoms in total. The molecule has 0 unspecified atom stereocenters. The Kier molecular flexibility index (Phi) is 5.29. The first-order chi connectivity index (χ1) is 13.5. The summed E-state index contributed by atoms with van der Waals surface area (Å²) in [5.74, 6) is -0.220. The van der Waals surface area contributed by atoms with Crippen molar-refractivity contribution in [3.63, 3.8) is 0 Å². The van der Waals surface area contributed by atoms with Crippen LogP contribution in [0.1, 0.15) is 29.9 Å². The van der Waals surface area contributed by atoms with Gasteiger partial charge in [0.15, 0.2) is 5.78 Å². The van der Waals surface area contributed by atoms with Gasteiger partial charge in [-0.15, -0.1) is 0 Å². The van der Waals surface area contributed by atoms with Gasteiger partial charge in [0.05, 0.1) is 0 Å². The van der Waals surface area contributed by atoms with Gasteiger partial charge in [-0.1, -0.05) is 19.1 Å². The van der Waals surface area contributed by atoms with Gasteiger partial charge in [-0.3, -0.25) is 9.69 Å². The number of carbonyl (C=O) groups is 1. The highest BCUT2D eigenvalue weighted by molar-refractivity contribution is 6.03. The van der Waals surface area contributed by atoms with Gasteiger partial charge in [-0.25, -0.2) is 4.39 Å². The lowest BCUT2D eigenvalue weighted by molar-refractivity contribution is 0.101. The third-order valence-electron chi connectivity index (χ3n) is 5.69. The fraction of sp³-hybridized carbons (Fsp3) is 0.348. The predicted molar refractivity (Wildman–Crippen MR) is 111 cm³/mol. The summed E-state index contributed by atoms with van der Waals surface area (Å²) in [6.45, 7) is 9.82. The molecule has 0 amide bonds. The number of piperazine rings is 1. The van der Waals surface area contributed by atoms with Crippen molar-refractivity contribution in [2.75, 3.05) is 32.7 Å². The first kappa shape index (κ1) is 18.8. The molecule has 1 aromatic heterocycles. The molecule has 3 aromatic rings. The Bertz CT molecular complexity index is 1000. The van der Waals surface area contributed by atoms with E-state index >= 15 is 0 Å². The van der Waals surface area contributed by atoms with Gasteiger partial charge in [-0.05, 0) is 49.4 Å². The Morgan fingerprint density at radius 3 is 2.50 bits per heavy atom. The summed E-state index contributed by atoms with van der Waals surface area (Å²) >= 11 is 0. The number of aromatic amines is 1. The molecule has 2 heterocycles. The maximum atomic E-state index is 14.0. The largest absolute Gasteiger partial charge is 0.357 e. The van der Waals surface area contributed by atoms with E-state index in [4.69, 9.17) is 0 Å². The average Bonchev–Trinajstić information content (AvgIpc) is 3.05. The van der Waals surface area contributed by atoms with Gasteiger partial charge in [-0.2, -0.15) is 0 Å². The van der Waals surface area contributed by atoms with Gasteiger partial charge >= 0.3 is 0 Å². The summed E-state index contributed by atoms with van der Waals surface area (Å²) in [6.07, 6.45) is 0.